The molecule has 0 bridgehead atoms. The third kappa shape index (κ3) is 5.29. The van der Waals surface area contributed by atoms with Crippen LogP contribution in [-0.4, -0.2) is 27.9 Å². The summed E-state index contributed by atoms with van der Waals surface area (Å²) in [6.07, 6.45) is -0.121. The first-order chi connectivity index (χ1) is 11.9. The summed E-state index contributed by atoms with van der Waals surface area (Å²) in [6, 6.07) is 11.3. The Balaban J connectivity index is 2.05. The van der Waals surface area contributed by atoms with Crippen molar-refractivity contribution < 1.29 is 19.6 Å². The highest BCUT2D eigenvalue weighted by Crippen LogP contribution is 2.17. The summed E-state index contributed by atoms with van der Waals surface area (Å²) in [6.45, 7) is 0. The van der Waals surface area contributed by atoms with Gasteiger partial charge in [0.05, 0.1) is 11.3 Å². The molecule has 7 nitrogen and oxygen atoms in total. The van der Waals surface area contributed by atoms with Crippen LogP contribution < -0.4 is 5.32 Å². The molecule has 0 saturated carbocycles. The van der Waals surface area contributed by atoms with Gasteiger partial charge in [0.2, 0.25) is 5.91 Å². The fourth-order valence-electron chi connectivity index (χ4n) is 2.29. The van der Waals surface area contributed by atoms with Gasteiger partial charge >= 0.3 is 5.97 Å². The standard InChI is InChI=1S/C17H15ClN2O5/c18-14-7-2-1-5-12(14)10-15(17(22)23)19-16(21)9-11-4-3-6-13(8-11)20(24)25/h1-8,15H,9-10H2,(H,19,21)(H,22,23)/t15-/m0/s1. The topological polar surface area (TPSA) is 110 Å². The van der Waals surface area contributed by atoms with E-state index in [4.69, 9.17) is 11.6 Å². The number of non-ortho nitro benzene ring substituents is 1. The average molecular weight is 363 g/mol. The minimum Gasteiger partial charge on any atom is -0.480 e. The fourth-order valence-corrected chi connectivity index (χ4v) is 2.51. The number of carboxylic acid groups (broad SMARTS) is 1. The van der Waals surface area contributed by atoms with Crippen LogP contribution in [0.4, 0.5) is 5.69 Å². The minimum atomic E-state index is -1.19. The maximum absolute atomic E-state index is 12.1. The summed E-state index contributed by atoms with van der Waals surface area (Å²) in [4.78, 5) is 33.7. The maximum atomic E-state index is 12.1. The Hall–Kier alpha value is -2.93. The van der Waals surface area contributed by atoms with Gasteiger partial charge in [-0.15, -0.1) is 0 Å². The molecule has 0 aliphatic carbocycles. The number of aliphatic carboxylic acids is 1. The average Bonchev–Trinajstić information content (AvgIpc) is 2.56. The predicted octanol–water partition coefficient (Wildman–Crippen LogP) is 2.60. The number of rotatable bonds is 7. The molecule has 0 aliphatic heterocycles. The summed E-state index contributed by atoms with van der Waals surface area (Å²) in [5.41, 5.74) is 0.900. The Morgan fingerprint density at radius 1 is 1.20 bits per heavy atom. The monoisotopic (exact) mass is 362 g/mol. The zero-order valence-corrected chi connectivity index (χ0v) is 13.8. The second kappa shape index (κ2) is 8.25. The van der Waals surface area contributed by atoms with Gasteiger partial charge in [-0.25, -0.2) is 4.79 Å². The first-order valence-corrected chi connectivity index (χ1v) is 7.73. The first-order valence-electron chi connectivity index (χ1n) is 7.35. The smallest absolute Gasteiger partial charge is 0.326 e. The van der Waals surface area contributed by atoms with Crippen LogP contribution in [0.5, 0.6) is 0 Å². The second-order valence-electron chi connectivity index (χ2n) is 5.36. The molecule has 1 atom stereocenters. The third-order valence-corrected chi connectivity index (χ3v) is 3.87. The fraction of sp³-hybridized carbons (Fsp3) is 0.176. The number of halogens is 1. The van der Waals surface area contributed by atoms with Gasteiger partial charge in [0, 0.05) is 23.6 Å². The van der Waals surface area contributed by atoms with Crippen LogP contribution in [0.1, 0.15) is 11.1 Å². The van der Waals surface area contributed by atoms with Gasteiger partial charge in [-0.05, 0) is 17.2 Å². The number of nitro benzene ring substituents is 1. The van der Waals surface area contributed by atoms with Gasteiger partial charge in [0.15, 0.2) is 0 Å². The van der Waals surface area contributed by atoms with Crippen LogP contribution in [0.3, 0.4) is 0 Å². The molecule has 0 radical (unpaired) electrons. The van der Waals surface area contributed by atoms with Crippen molar-refractivity contribution in [2.24, 2.45) is 0 Å². The molecule has 0 unspecified atom stereocenters. The van der Waals surface area contributed by atoms with Gasteiger partial charge in [0.25, 0.3) is 5.69 Å². The molecule has 1 amide bonds. The van der Waals surface area contributed by atoms with Crippen molar-refractivity contribution >= 4 is 29.2 Å². The lowest BCUT2D eigenvalue weighted by molar-refractivity contribution is -0.384. The Labute approximate surface area is 148 Å². The minimum absolute atomic E-state index is 0.0374. The lowest BCUT2D eigenvalue weighted by Crippen LogP contribution is -2.43. The molecule has 2 aromatic carbocycles. The predicted molar refractivity (Wildman–Crippen MR) is 91.5 cm³/mol. The maximum Gasteiger partial charge on any atom is 0.326 e. The van der Waals surface area contributed by atoms with Crippen molar-refractivity contribution in [3.8, 4) is 0 Å². The van der Waals surface area contributed by atoms with E-state index in [1.165, 1.54) is 18.2 Å². The third-order valence-electron chi connectivity index (χ3n) is 3.50. The van der Waals surface area contributed by atoms with E-state index in [-0.39, 0.29) is 18.5 Å². The van der Waals surface area contributed by atoms with Crippen LogP contribution in [0.25, 0.3) is 0 Å². The normalized spacial score (nSPS) is 11.6. The van der Waals surface area contributed by atoms with Crippen LogP contribution >= 0.6 is 11.6 Å². The number of nitro groups is 1. The number of carbonyl (C=O) groups excluding carboxylic acids is 1. The summed E-state index contributed by atoms with van der Waals surface area (Å²) < 4.78 is 0. The molecule has 2 aromatic rings. The van der Waals surface area contributed by atoms with E-state index in [9.17, 15) is 24.8 Å². The number of carbonyl (C=O) groups is 2. The van der Waals surface area contributed by atoms with Crippen LogP contribution in [0.15, 0.2) is 48.5 Å². The molecule has 2 rings (SSSR count). The van der Waals surface area contributed by atoms with Crippen molar-refractivity contribution in [2.75, 3.05) is 0 Å². The zero-order valence-electron chi connectivity index (χ0n) is 13.0. The molecule has 8 heteroatoms. The van der Waals surface area contributed by atoms with E-state index in [0.717, 1.165) is 0 Å². The van der Waals surface area contributed by atoms with Crippen molar-refractivity contribution in [1.82, 2.24) is 5.32 Å². The summed E-state index contributed by atoms with van der Waals surface area (Å²) in [5, 5.41) is 22.9. The quantitative estimate of drug-likeness (QED) is 0.581. The first kappa shape index (κ1) is 18.4. The Bertz CT molecular complexity index is 809. The highest BCUT2D eigenvalue weighted by Gasteiger charge is 2.21. The molecule has 130 valence electrons. The van der Waals surface area contributed by atoms with E-state index < -0.39 is 22.8 Å². The lowest BCUT2D eigenvalue weighted by atomic mass is 10.1. The number of benzene rings is 2. The van der Waals surface area contributed by atoms with Crippen molar-refractivity contribution in [2.45, 2.75) is 18.9 Å². The van der Waals surface area contributed by atoms with Crippen LogP contribution in [-0.2, 0) is 22.4 Å². The van der Waals surface area contributed by atoms with Gasteiger partial charge < -0.3 is 10.4 Å². The highest BCUT2D eigenvalue weighted by molar-refractivity contribution is 6.31. The Kier molecular flexibility index (Phi) is 6.08. The van der Waals surface area contributed by atoms with E-state index in [1.54, 1.807) is 30.3 Å². The van der Waals surface area contributed by atoms with Gasteiger partial charge in [-0.3, -0.25) is 14.9 Å². The molecule has 0 aliphatic rings. The molecule has 0 fully saturated rings. The number of amides is 1. The SMILES string of the molecule is O=C(Cc1cccc([N+](=O)[O-])c1)N[C@@H](Cc1ccccc1Cl)C(=O)O. The summed E-state index contributed by atoms with van der Waals surface area (Å²) in [7, 11) is 0. The molecule has 0 saturated heterocycles. The zero-order chi connectivity index (χ0) is 18.4. The van der Waals surface area contributed by atoms with Gasteiger partial charge in [-0.1, -0.05) is 41.9 Å². The molecule has 0 heterocycles. The highest BCUT2D eigenvalue weighted by atomic mass is 35.5. The number of hydrogen-bond acceptors (Lipinski definition) is 4. The Morgan fingerprint density at radius 2 is 1.92 bits per heavy atom. The van der Waals surface area contributed by atoms with E-state index in [2.05, 4.69) is 5.32 Å². The van der Waals surface area contributed by atoms with E-state index in [1.807, 2.05) is 0 Å². The summed E-state index contributed by atoms with van der Waals surface area (Å²) >= 11 is 6.02. The van der Waals surface area contributed by atoms with E-state index in [0.29, 0.717) is 16.1 Å². The number of nitrogens with one attached hydrogen (secondary N) is 1. The number of nitrogens with zero attached hydrogens (tertiary/aromatic N) is 1. The second-order valence-corrected chi connectivity index (χ2v) is 5.76. The lowest BCUT2D eigenvalue weighted by Gasteiger charge is -2.15. The molecule has 0 spiro atoms. The Morgan fingerprint density at radius 3 is 2.56 bits per heavy atom. The molecule has 0 aromatic heterocycles. The molecular formula is C17H15ClN2O5. The molecular weight excluding hydrogens is 348 g/mol. The van der Waals surface area contributed by atoms with Crippen LogP contribution in [0.2, 0.25) is 5.02 Å². The van der Waals surface area contributed by atoms with Gasteiger partial charge in [-0.2, -0.15) is 0 Å². The van der Waals surface area contributed by atoms with E-state index >= 15 is 0 Å². The van der Waals surface area contributed by atoms with Crippen molar-refractivity contribution in [3.05, 3.63) is 74.8 Å². The molecule has 25 heavy (non-hydrogen) atoms. The van der Waals surface area contributed by atoms with Crippen molar-refractivity contribution in [3.63, 3.8) is 0 Å². The number of carboxylic acids is 1. The van der Waals surface area contributed by atoms with Crippen molar-refractivity contribution in [1.29, 1.82) is 0 Å². The number of hydrogen-bond donors (Lipinski definition) is 2. The summed E-state index contributed by atoms with van der Waals surface area (Å²) in [5.74, 6) is -1.73. The molecule has 2 N–H and O–H groups in total. The van der Waals surface area contributed by atoms with Gasteiger partial charge in [0.1, 0.15) is 6.04 Å². The van der Waals surface area contributed by atoms with Crippen LogP contribution in [0, 0.1) is 10.1 Å². The largest absolute Gasteiger partial charge is 0.480 e.